The molecule has 10 nitrogen and oxygen atoms in total. The predicted molar refractivity (Wildman–Crippen MR) is 155 cm³/mol. The molecule has 1 atom stereocenters. The summed E-state index contributed by atoms with van der Waals surface area (Å²) in [5.41, 5.74) is 1.58. The zero-order chi connectivity index (χ0) is 28.9. The molecule has 5 rings (SSSR count). The number of sulfonamides is 1. The molecule has 1 aromatic carbocycles. The number of pyridine rings is 1. The molecule has 11 heteroatoms. The maximum Gasteiger partial charge on any atom is 0.407 e. The minimum absolute atomic E-state index is 0. The highest BCUT2D eigenvalue weighted by Gasteiger charge is 2.45. The normalized spacial score (nSPS) is 19.9. The molecule has 1 spiro atoms. The highest BCUT2D eigenvalue weighted by atomic mass is 32.2. The van der Waals surface area contributed by atoms with Crippen molar-refractivity contribution >= 4 is 27.7 Å². The van der Waals surface area contributed by atoms with Crippen molar-refractivity contribution in [3.8, 4) is 0 Å². The first-order valence-electron chi connectivity index (χ1n) is 13.8. The number of nitrogens with one attached hydrogen (secondary N) is 1. The van der Waals surface area contributed by atoms with E-state index in [1.807, 2.05) is 0 Å². The summed E-state index contributed by atoms with van der Waals surface area (Å²) in [5, 5.41) is 12.5. The van der Waals surface area contributed by atoms with E-state index in [4.69, 9.17) is 0 Å². The quantitative estimate of drug-likeness (QED) is 0.451. The van der Waals surface area contributed by atoms with E-state index in [2.05, 4.69) is 31.1 Å². The number of fused-ring (bicyclic) bond motifs is 1. The van der Waals surface area contributed by atoms with Gasteiger partial charge < -0.3 is 19.7 Å². The second-order valence-electron chi connectivity index (χ2n) is 11.2. The van der Waals surface area contributed by atoms with Crippen LogP contribution in [0.5, 0.6) is 0 Å². The van der Waals surface area contributed by atoms with E-state index in [0.29, 0.717) is 44.5 Å². The van der Waals surface area contributed by atoms with Crippen molar-refractivity contribution in [2.45, 2.75) is 69.9 Å². The van der Waals surface area contributed by atoms with Gasteiger partial charge in [-0.15, -0.1) is 0 Å². The van der Waals surface area contributed by atoms with Crippen molar-refractivity contribution < 1.29 is 24.5 Å². The zero-order valence-corrected chi connectivity index (χ0v) is 24.2. The largest absolute Gasteiger partial charge is 0.465 e. The third-order valence-corrected chi connectivity index (χ3v) is 9.28. The van der Waals surface area contributed by atoms with Gasteiger partial charge in [0.2, 0.25) is 10.0 Å². The molecule has 218 valence electrons. The maximum atomic E-state index is 13.3. The summed E-state index contributed by atoms with van der Waals surface area (Å²) in [6, 6.07) is 10.0. The Morgan fingerprint density at radius 3 is 2.38 bits per heavy atom. The Labute approximate surface area is 237 Å². The number of carbonyl (C=O) groups excluding carboxylic acids is 1. The lowest BCUT2D eigenvalue weighted by molar-refractivity contribution is 0.0934. The molecule has 40 heavy (non-hydrogen) atoms. The number of carboxylic acid groups (broad SMARTS) is 1. The Morgan fingerprint density at radius 1 is 1.02 bits per heavy atom. The fourth-order valence-electron chi connectivity index (χ4n) is 5.42. The molecule has 2 aliphatic rings. The van der Waals surface area contributed by atoms with Crippen LogP contribution in [0, 0.1) is 5.92 Å². The lowest BCUT2D eigenvalue weighted by Crippen LogP contribution is -2.47. The molecular weight excluding hydrogens is 530 g/mol. The summed E-state index contributed by atoms with van der Waals surface area (Å²) in [7, 11) is -3.70. The van der Waals surface area contributed by atoms with Gasteiger partial charge >= 0.3 is 6.09 Å². The molecular formula is C29H41N5O5S. The third kappa shape index (κ3) is 6.64. The Kier molecular flexibility index (Phi) is 9.15. The maximum absolute atomic E-state index is 13.3. The van der Waals surface area contributed by atoms with Crippen molar-refractivity contribution in [3.63, 3.8) is 0 Å². The van der Waals surface area contributed by atoms with Crippen molar-refractivity contribution in [1.82, 2.24) is 23.9 Å². The monoisotopic (exact) mass is 571 g/mol. The number of carbonyl (C=O) groups is 2. The van der Waals surface area contributed by atoms with Crippen LogP contribution in [-0.2, 0) is 16.6 Å². The van der Waals surface area contributed by atoms with Crippen molar-refractivity contribution in [2.24, 2.45) is 5.92 Å². The van der Waals surface area contributed by atoms with Gasteiger partial charge in [0.05, 0.1) is 10.5 Å². The molecule has 3 aromatic rings. The van der Waals surface area contributed by atoms with E-state index in [1.54, 1.807) is 59.4 Å². The van der Waals surface area contributed by atoms with Gasteiger partial charge in [0, 0.05) is 51.7 Å². The summed E-state index contributed by atoms with van der Waals surface area (Å²) in [5.74, 6) is 0.600. The number of amides is 2. The van der Waals surface area contributed by atoms with Crippen LogP contribution < -0.4 is 5.32 Å². The molecule has 0 bridgehead atoms. The van der Waals surface area contributed by atoms with Crippen molar-refractivity contribution in [3.05, 3.63) is 66.1 Å². The third-order valence-electron chi connectivity index (χ3n) is 7.37. The van der Waals surface area contributed by atoms with E-state index in [9.17, 15) is 23.1 Å². The SMILES string of the molecule is CC(C)C.O=C(NCc1ccc(S(=O)(=O)N2CCCC3(CCCN3C(=O)O)CC2)cc1)c1ccc2nccn2c1.[HH]. The second-order valence-corrected chi connectivity index (χ2v) is 13.1. The molecule has 2 N–H and O–H groups in total. The molecule has 2 aliphatic heterocycles. The number of nitrogens with zero attached hydrogens (tertiary/aromatic N) is 4. The topological polar surface area (TPSA) is 124 Å². The highest BCUT2D eigenvalue weighted by Crippen LogP contribution is 2.39. The standard InChI is InChI=1S/C25H29N5O5S.C4H10.H2/c31-23(20-5-8-22-26-12-16-28(22)18-20)27-17-19-3-6-21(7-4-19)36(34,35)29-13-1-9-25(11-15-29)10-2-14-30(25)24(32)33;1-4(2)3;/h3-8,12,16,18H,1-2,9-11,13-15,17H2,(H,27,31)(H,32,33);4H,1-3H3;1H. The number of likely N-dealkylation sites (tertiary alicyclic amines) is 1. The zero-order valence-electron chi connectivity index (χ0n) is 23.4. The second kappa shape index (κ2) is 12.4. The Balaban J connectivity index is 0.000000869. The summed E-state index contributed by atoms with van der Waals surface area (Å²) in [6.07, 6.45) is 7.62. The lowest BCUT2D eigenvalue weighted by atomic mass is 9.88. The van der Waals surface area contributed by atoms with Gasteiger partial charge in [-0.3, -0.25) is 4.79 Å². The highest BCUT2D eigenvalue weighted by molar-refractivity contribution is 7.89. The van der Waals surface area contributed by atoms with Gasteiger partial charge in [-0.1, -0.05) is 32.9 Å². The summed E-state index contributed by atoms with van der Waals surface area (Å²) >= 11 is 0. The van der Waals surface area contributed by atoms with Crippen LogP contribution in [0.25, 0.3) is 5.65 Å². The van der Waals surface area contributed by atoms with Gasteiger partial charge in [0.15, 0.2) is 0 Å². The van der Waals surface area contributed by atoms with Gasteiger partial charge in [-0.05, 0) is 67.9 Å². The average Bonchev–Trinajstić information content (AvgIpc) is 3.49. The lowest BCUT2D eigenvalue weighted by Gasteiger charge is -2.36. The van der Waals surface area contributed by atoms with Crippen LogP contribution in [0.15, 0.2) is 59.9 Å². The van der Waals surface area contributed by atoms with E-state index in [1.165, 1.54) is 9.21 Å². The van der Waals surface area contributed by atoms with Crippen molar-refractivity contribution in [1.29, 1.82) is 0 Å². The molecule has 0 saturated carbocycles. The molecule has 1 unspecified atom stereocenters. The molecule has 0 aliphatic carbocycles. The summed E-state index contributed by atoms with van der Waals surface area (Å²) < 4.78 is 29.9. The van der Waals surface area contributed by atoms with Gasteiger partial charge in [-0.2, -0.15) is 4.31 Å². The summed E-state index contributed by atoms with van der Waals surface area (Å²) in [6.45, 7) is 7.94. The van der Waals surface area contributed by atoms with E-state index in [0.717, 1.165) is 30.0 Å². The number of aromatic nitrogens is 2. The average molecular weight is 572 g/mol. The Bertz CT molecular complexity index is 1440. The molecule has 0 radical (unpaired) electrons. The number of benzene rings is 1. The van der Waals surface area contributed by atoms with Crippen LogP contribution in [0.1, 0.15) is 70.2 Å². The predicted octanol–water partition coefficient (Wildman–Crippen LogP) is 4.86. The number of rotatable bonds is 5. The van der Waals surface area contributed by atoms with Gasteiger partial charge in [0.25, 0.3) is 5.91 Å². The first-order valence-corrected chi connectivity index (χ1v) is 15.3. The Morgan fingerprint density at radius 2 is 1.70 bits per heavy atom. The minimum Gasteiger partial charge on any atom is -0.465 e. The molecule has 2 aromatic heterocycles. The van der Waals surface area contributed by atoms with E-state index >= 15 is 0 Å². The van der Waals surface area contributed by atoms with Crippen LogP contribution in [-0.4, -0.2) is 69.3 Å². The molecule has 2 amide bonds. The molecule has 4 heterocycles. The minimum atomic E-state index is -3.70. The first kappa shape index (κ1) is 29.5. The number of hydrogen-bond acceptors (Lipinski definition) is 5. The first-order chi connectivity index (χ1) is 19.0. The smallest absolute Gasteiger partial charge is 0.407 e. The van der Waals surface area contributed by atoms with Crippen LogP contribution in [0.3, 0.4) is 0 Å². The van der Waals surface area contributed by atoms with Gasteiger partial charge in [0.1, 0.15) is 5.65 Å². The van der Waals surface area contributed by atoms with Crippen molar-refractivity contribution in [2.75, 3.05) is 19.6 Å². The van der Waals surface area contributed by atoms with Gasteiger partial charge in [-0.25, -0.2) is 18.2 Å². The van der Waals surface area contributed by atoms with E-state index in [-0.39, 0.29) is 18.8 Å². The van der Waals surface area contributed by atoms with Crippen LogP contribution in [0.4, 0.5) is 4.79 Å². The molecule has 2 saturated heterocycles. The number of imidazole rings is 1. The summed E-state index contributed by atoms with van der Waals surface area (Å²) in [4.78, 5) is 30.1. The van der Waals surface area contributed by atoms with E-state index < -0.39 is 21.7 Å². The fourth-order valence-corrected chi connectivity index (χ4v) is 6.90. The molecule has 2 fully saturated rings. The fraction of sp³-hybridized carbons (Fsp3) is 0.483. The Hall–Kier alpha value is -3.44. The van der Waals surface area contributed by atoms with Crippen LogP contribution >= 0.6 is 0 Å². The van der Waals surface area contributed by atoms with Crippen LogP contribution in [0.2, 0.25) is 0 Å². The number of hydrogen-bond donors (Lipinski definition) is 2.